The quantitative estimate of drug-likeness (QED) is 0.171. The minimum Gasteiger partial charge on any atom is -0.359 e. The summed E-state index contributed by atoms with van der Waals surface area (Å²) in [6.45, 7) is 31.2. The number of fused-ring (bicyclic) bond motifs is 10. The van der Waals surface area contributed by atoms with Crippen molar-refractivity contribution in [2.75, 3.05) is 45.6 Å². The zero-order valence-corrected chi connectivity index (χ0v) is 63.5. The molecule has 3 aliphatic rings. The van der Waals surface area contributed by atoms with Gasteiger partial charge in [0.15, 0.2) is 0 Å². The molecule has 520 valence electrons. The third kappa shape index (κ3) is 12.7. The van der Waals surface area contributed by atoms with Crippen molar-refractivity contribution in [3.8, 4) is 11.4 Å². The Morgan fingerprint density at radius 1 is 0.304 bits per heavy atom. The van der Waals surface area contributed by atoms with E-state index in [0.29, 0.717) is 18.5 Å². The van der Waals surface area contributed by atoms with Gasteiger partial charge in [0.25, 0.3) is 0 Å². The fourth-order valence-corrected chi connectivity index (χ4v) is 15.2. The van der Waals surface area contributed by atoms with Crippen LogP contribution in [0.5, 0.6) is 0 Å². The minimum absolute atomic E-state index is 0.164. The smallest absolute Gasteiger partial charge is 0.126 e. The Morgan fingerprint density at radius 2 is 0.676 bits per heavy atom. The molecule has 3 atom stereocenters. The lowest BCUT2D eigenvalue weighted by Crippen LogP contribution is -2.36. The molecule has 17 rings (SSSR count). The topological polar surface area (TPSA) is 39.2 Å². The third-order valence-corrected chi connectivity index (χ3v) is 21.5. The molecular formula is C92H102N10. The van der Waals surface area contributed by atoms with Gasteiger partial charge in [-0.2, -0.15) is 0 Å². The summed E-state index contributed by atoms with van der Waals surface area (Å²) >= 11 is 0. The van der Waals surface area contributed by atoms with E-state index < -0.39 is 0 Å². The Morgan fingerprint density at radius 3 is 1.16 bits per heavy atom. The number of hydrogen-bond donors (Lipinski definition) is 0. The average Bonchev–Trinajstić information content (AvgIpc) is 1.56. The maximum atomic E-state index is 2.46. The number of para-hydroxylation sites is 10. The summed E-state index contributed by atoms with van der Waals surface area (Å²) in [7, 11) is 10.7. The Kier molecular flexibility index (Phi) is 19.1. The SMILES string of the molecule is Cc1ccc(C(C)(C)C)cc1N1C=CN(C)[C@@H]1C.Cc1ccc(C(C)(C)C)cc1N1c2ccccc2N(C)[C@@H]1C.Cc1ccccc1-n1c2ccccc2c2c3ccccc3n(C)c21.Cc1ccccc1-n1c2ccccc2c2ccn(C)c21.Cc1ccccc1N1c2ccccc2N(C)[C@@H]1C. The molecule has 14 aromatic rings. The van der Waals surface area contributed by atoms with Gasteiger partial charge in [-0.05, 0) is 184 Å². The third-order valence-electron chi connectivity index (χ3n) is 21.5. The van der Waals surface area contributed by atoms with Gasteiger partial charge >= 0.3 is 0 Å². The molecule has 0 aliphatic carbocycles. The Hall–Kier alpha value is -10.8. The van der Waals surface area contributed by atoms with Crippen molar-refractivity contribution in [3.63, 3.8) is 0 Å². The van der Waals surface area contributed by atoms with E-state index in [0.717, 1.165) is 0 Å². The Balaban J connectivity index is 0.000000114. The normalized spacial score (nSPS) is 15.5. The van der Waals surface area contributed by atoms with Gasteiger partial charge in [-0.3, -0.25) is 9.13 Å². The molecule has 10 nitrogen and oxygen atoms in total. The number of aryl methyl sites for hydroxylation is 7. The zero-order chi connectivity index (χ0) is 72.2. The first-order valence-electron chi connectivity index (χ1n) is 36.2. The summed E-state index contributed by atoms with van der Waals surface area (Å²) in [5.41, 5.74) is 27.6. The lowest BCUT2D eigenvalue weighted by Gasteiger charge is -2.30. The molecule has 0 saturated heterocycles. The number of anilines is 7. The van der Waals surface area contributed by atoms with Gasteiger partial charge < -0.3 is 38.5 Å². The number of nitrogens with zero attached hydrogens (tertiary/aromatic N) is 10. The van der Waals surface area contributed by atoms with Crippen LogP contribution in [0.2, 0.25) is 0 Å². The van der Waals surface area contributed by atoms with Crippen LogP contribution in [0.25, 0.3) is 66.2 Å². The van der Waals surface area contributed by atoms with E-state index >= 15 is 0 Å². The van der Waals surface area contributed by atoms with Crippen LogP contribution in [0.1, 0.15) is 101 Å². The monoisotopic (exact) mass is 1350 g/mol. The first kappa shape index (κ1) is 69.6. The van der Waals surface area contributed by atoms with Crippen LogP contribution in [0.3, 0.4) is 0 Å². The summed E-state index contributed by atoms with van der Waals surface area (Å²) in [4.78, 5) is 14.1. The molecular weight excluding hydrogens is 1250 g/mol. The summed E-state index contributed by atoms with van der Waals surface area (Å²) in [5.74, 6) is 0. The van der Waals surface area contributed by atoms with Crippen LogP contribution in [-0.4, -0.2) is 62.8 Å². The molecule has 0 amide bonds. The zero-order valence-electron chi connectivity index (χ0n) is 63.5. The maximum Gasteiger partial charge on any atom is 0.126 e. The standard InChI is InChI=1S/C22H18N2.C20H26N2.C18H16N2.C16H18N2.C16H24N2/c1-15-9-3-6-12-18(15)24-20-14-8-5-11-17(20)21-16-10-4-7-13-19(16)23(2)22(21)24;1-14-11-12-16(20(3,4)5)13-19(14)22-15(2)21(6)17-9-7-8-10-18(17)22;1-13-7-3-5-9-16(13)20-17-10-6-4-8-14(17)15-11-12-19(2)18(15)20;1-12-8-4-5-9-14(12)18-13(2)17(3)15-10-6-7-11-16(15)18;1-12-7-8-14(16(3,4)5)11-15(12)18-10-9-17(6)13(18)2/h3-14H,1-2H3;7-13,15H,1-6H3;3-12H,1-2H3;4-11,13H,1-3H3;7-11,13H,1-6H3/t;15-;;2*13-/m.0.00/s1. The molecule has 3 aliphatic heterocycles. The van der Waals surface area contributed by atoms with Gasteiger partial charge in [0.2, 0.25) is 0 Å². The molecule has 0 fully saturated rings. The lowest BCUT2D eigenvalue weighted by molar-refractivity contribution is 0.383. The van der Waals surface area contributed by atoms with E-state index in [-0.39, 0.29) is 10.8 Å². The first-order valence-corrected chi connectivity index (χ1v) is 36.2. The second kappa shape index (κ2) is 27.9. The Bertz CT molecular complexity index is 5400. The van der Waals surface area contributed by atoms with Crippen molar-refractivity contribution in [1.82, 2.24) is 23.2 Å². The van der Waals surface area contributed by atoms with Crippen molar-refractivity contribution >= 4 is 94.6 Å². The summed E-state index contributed by atoms with van der Waals surface area (Å²) in [6, 6.07) is 84.8. The largest absolute Gasteiger partial charge is 0.359 e. The van der Waals surface area contributed by atoms with E-state index in [1.807, 2.05) is 0 Å². The molecule has 0 N–H and O–H groups in total. The predicted molar refractivity (Wildman–Crippen MR) is 439 cm³/mol. The fraction of sp³-hybridized carbons (Fsp3) is 0.261. The summed E-state index contributed by atoms with van der Waals surface area (Å²) in [5, 5.41) is 6.59. The number of aromatic nitrogens is 4. The molecule has 102 heavy (non-hydrogen) atoms. The highest BCUT2D eigenvalue weighted by atomic mass is 15.4. The van der Waals surface area contributed by atoms with Crippen molar-refractivity contribution in [2.45, 2.75) is 126 Å². The maximum absolute atomic E-state index is 2.46. The molecule has 4 aromatic heterocycles. The van der Waals surface area contributed by atoms with Crippen molar-refractivity contribution < 1.29 is 0 Å². The first-order chi connectivity index (χ1) is 48.8. The average molecular weight is 1350 g/mol. The van der Waals surface area contributed by atoms with Crippen molar-refractivity contribution in [2.24, 2.45) is 14.1 Å². The van der Waals surface area contributed by atoms with Gasteiger partial charge in [0.05, 0.1) is 50.7 Å². The van der Waals surface area contributed by atoms with Crippen LogP contribution >= 0.6 is 0 Å². The van der Waals surface area contributed by atoms with E-state index in [9.17, 15) is 0 Å². The molecule has 0 unspecified atom stereocenters. The van der Waals surface area contributed by atoms with Gasteiger partial charge in [-0.25, -0.2) is 0 Å². The highest BCUT2D eigenvalue weighted by Crippen LogP contribution is 2.47. The summed E-state index contributed by atoms with van der Waals surface area (Å²) < 4.78 is 9.28. The number of benzene rings is 10. The van der Waals surface area contributed by atoms with Crippen molar-refractivity contribution in [3.05, 3.63) is 294 Å². The number of rotatable bonds is 5. The van der Waals surface area contributed by atoms with Gasteiger partial charge in [-0.1, -0.05) is 199 Å². The van der Waals surface area contributed by atoms with Gasteiger partial charge in [-0.15, -0.1) is 0 Å². The molecule has 0 spiro atoms. The molecule has 0 bridgehead atoms. The van der Waals surface area contributed by atoms with Crippen LogP contribution < -0.4 is 24.5 Å². The predicted octanol–water partition coefficient (Wildman–Crippen LogP) is 23.0. The second-order valence-corrected chi connectivity index (χ2v) is 30.2. The molecule has 10 aromatic carbocycles. The van der Waals surface area contributed by atoms with Crippen LogP contribution in [0.4, 0.5) is 39.8 Å². The lowest BCUT2D eigenvalue weighted by atomic mass is 9.86. The van der Waals surface area contributed by atoms with Gasteiger partial charge in [0.1, 0.15) is 29.8 Å². The van der Waals surface area contributed by atoms with Crippen molar-refractivity contribution in [1.29, 1.82) is 0 Å². The summed E-state index contributed by atoms with van der Waals surface area (Å²) in [6.07, 6.45) is 7.49. The minimum atomic E-state index is 0.164. The molecule has 7 heterocycles. The van der Waals surface area contributed by atoms with E-state index in [4.69, 9.17) is 0 Å². The number of hydrogen-bond acceptors (Lipinski definition) is 6. The van der Waals surface area contributed by atoms with Crippen LogP contribution in [0.15, 0.2) is 255 Å². The molecule has 10 heteroatoms. The van der Waals surface area contributed by atoms with E-state index in [1.165, 1.54) is 145 Å². The highest BCUT2D eigenvalue weighted by Gasteiger charge is 2.34. The second-order valence-electron chi connectivity index (χ2n) is 30.2. The Labute approximate surface area is 605 Å². The molecule has 0 saturated carbocycles. The fourth-order valence-electron chi connectivity index (χ4n) is 15.2. The molecule has 0 radical (unpaired) electrons. The van der Waals surface area contributed by atoms with Gasteiger partial charge in [0, 0.05) is 97.8 Å². The highest BCUT2D eigenvalue weighted by molar-refractivity contribution is 6.22. The van der Waals surface area contributed by atoms with Crippen LogP contribution in [0, 0.1) is 34.6 Å². The van der Waals surface area contributed by atoms with E-state index in [1.54, 1.807) is 0 Å². The van der Waals surface area contributed by atoms with E-state index in [2.05, 4.69) is 435 Å². The van der Waals surface area contributed by atoms with Crippen LogP contribution in [-0.2, 0) is 24.9 Å².